The van der Waals surface area contributed by atoms with Crippen LogP contribution in [-0.4, -0.2) is 55.4 Å². The molecule has 0 bridgehead atoms. The second-order valence-electron chi connectivity index (χ2n) is 7.45. The molecule has 1 aliphatic heterocycles. The number of nitrogens with zero attached hydrogens (tertiary/aromatic N) is 5. The number of hydrogen-bond donors (Lipinski definition) is 2. The van der Waals surface area contributed by atoms with Crippen LogP contribution in [0.25, 0.3) is 11.3 Å². The lowest BCUT2D eigenvalue weighted by Crippen LogP contribution is -2.50. The number of aryl methyl sites for hydroxylation is 1. The van der Waals surface area contributed by atoms with Gasteiger partial charge in [0.25, 0.3) is 0 Å². The maximum atomic E-state index is 13.0. The summed E-state index contributed by atoms with van der Waals surface area (Å²) in [5.41, 5.74) is 8.67. The molecular formula is C21H26N6O2S. The van der Waals surface area contributed by atoms with E-state index < -0.39 is 6.04 Å². The SMILES string of the molecule is COc1ccccc1-c1cn2c(n1)[C@H](Cc1cn(C)cn1)N(C(=O)[C@@H](N)CS)CC2. The molecule has 2 atom stereocenters. The number of imidazole rings is 2. The Bertz CT molecular complexity index is 1050. The molecule has 2 N–H and O–H groups in total. The van der Waals surface area contributed by atoms with Gasteiger partial charge in [0.05, 0.1) is 36.9 Å². The van der Waals surface area contributed by atoms with Gasteiger partial charge in [0.2, 0.25) is 5.91 Å². The Kier molecular flexibility index (Phi) is 5.83. The minimum absolute atomic E-state index is 0.112. The fourth-order valence-corrected chi connectivity index (χ4v) is 4.05. The van der Waals surface area contributed by atoms with Crippen molar-refractivity contribution in [3.8, 4) is 17.0 Å². The van der Waals surface area contributed by atoms with Crippen LogP contribution in [-0.2, 0) is 24.8 Å². The summed E-state index contributed by atoms with van der Waals surface area (Å²) in [6, 6.07) is 6.90. The number of ether oxygens (including phenoxy) is 1. The summed E-state index contributed by atoms with van der Waals surface area (Å²) in [5.74, 6) is 1.78. The van der Waals surface area contributed by atoms with Crippen LogP contribution in [0, 0.1) is 0 Å². The van der Waals surface area contributed by atoms with E-state index >= 15 is 0 Å². The van der Waals surface area contributed by atoms with Gasteiger partial charge in [0, 0.05) is 50.3 Å². The molecule has 158 valence electrons. The zero-order valence-corrected chi connectivity index (χ0v) is 18.0. The third kappa shape index (κ3) is 3.82. The molecule has 0 spiro atoms. The van der Waals surface area contributed by atoms with Crippen molar-refractivity contribution in [2.75, 3.05) is 19.4 Å². The van der Waals surface area contributed by atoms with Gasteiger partial charge in [-0.1, -0.05) is 12.1 Å². The van der Waals surface area contributed by atoms with Crippen molar-refractivity contribution in [3.63, 3.8) is 0 Å². The zero-order valence-electron chi connectivity index (χ0n) is 17.1. The number of thiol groups is 1. The summed E-state index contributed by atoms with van der Waals surface area (Å²) < 4.78 is 9.53. The highest BCUT2D eigenvalue weighted by Gasteiger charge is 2.35. The minimum atomic E-state index is -0.644. The molecule has 1 amide bonds. The topological polar surface area (TPSA) is 91.2 Å². The highest BCUT2D eigenvalue weighted by atomic mass is 32.1. The summed E-state index contributed by atoms with van der Waals surface area (Å²) in [6.07, 6.45) is 6.31. The van der Waals surface area contributed by atoms with Gasteiger partial charge in [0.15, 0.2) is 0 Å². The van der Waals surface area contributed by atoms with Gasteiger partial charge in [-0.15, -0.1) is 0 Å². The van der Waals surface area contributed by atoms with Gasteiger partial charge >= 0.3 is 0 Å². The van der Waals surface area contributed by atoms with Crippen LogP contribution in [0.2, 0.25) is 0 Å². The molecular weight excluding hydrogens is 400 g/mol. The lowest BCUT2D eigenvalue weighted by atomic mass is 10.1. The van der Waals surface area contributed by atoms with Gasteiger partial charge in [0.1, 0.15) is 11.6 Å². The van der Waals surface area contributed by atoms with Crippen molar-refractivity contribution in [3.05, 3.63) is 54.5 Å². The number of fused-ring (bicyclic) bond motifs is 1. The highest BCUT2D eigenvalue weighted by molar-refractivity contribution is 7.80. The molecule has 1 aromatic carbocycles. The number of carbonyl (C=O) groups is 1. The smallest absolute Gasteiger partial charge is 0.241 e. The highest BCUT2D eigenvalue weighted by Crippen LogP contribution is 2.34. The van der Waals surface area contributed by atoms with Crippen LogP contribution < -0.4 is 10.5 Å². The van der Waals surface area contributed by atoms with E-state index in [1.54, 1.807) is 13.4 Å². The van der Waals surface area contributed by atoms with Crippen molar-refractivity contribution >= 4 is 18.5 Å². The van der Waals surface area contributed by atoms with Crippen molar-refractivity contribution in [2.45, 2.75) is 25.0 Å². The quantitative estimate of drug-likeness (QED) is 0.585. The molecule has 9 heteroatoms. The Morgan fingerprint density at radius 3 is 2.83 bits per heavy atom. The molecule has 2 aromatic heterocycles. The third-order valence-electron chi connectivity index (χ3n) is 5.40. The normalized spacial score (nSPS) is 16.9. The first-order valence-electron chi connectivity index (χ1n) is 9.86. The van der Waals surface area contributed by atoms with E-state index in [-0.39, 0.29) is 11.9 Å². The monoisotopic (exact) mass is 426 g/mol. The molecule has 3 aromatic rings. The Hall–Kier alpha value is -2.78. The van der Waals surface area contributed by atoms with Crippen LogP contribution in [0.5, 0.6) is 5.75 Å². The predicted molar refractivity (Wildman–Crippen MR) is 117 cm³/mol. The first-order valence-corrected chi connectivity index (χ1v) is 10.5. The van der Waals surface area contributed by atoms with Gasteiger partial charge < -0.3 is 24.5 Å². The molecule has 1 aliphatic rings. The first-order chi connectivity index (χ1) is 14.5. The van der Waals surface area contributed by atoms with E-state index in [1.807, 2.05) is 53.2 Å². The number of amides is 1. The van der Waals surface area contributed by atoms with Crippen LogP contribution in [0.3, 0.4) is 0 Å². The molecule has 0 unspecified atom stereocenters. The molecule has 0 saturated carbocycles. The number of rotatable bonds is 6. The maximum Gasteiger partial charge on any atom is 0.241 e. The summed E-state index contributed by atoms with van der Waals surface area (Å²) in [6.45, 7) is 1.22. The van der Waals surface area contributed by atoms with Crippen LogP contribution in [0.4, 0.5) is 0 Å². The third-order valence-corrected chi connectivity index (χ3v) is 5.80. The predicted octanol–water partition coefficient (Wildman–Crippen LogP) is 1.68. The number of carbonyl (C=O) groups excluding carboxylic acids is 1. The molecule has 0 fully saturated rings. The number of hydrogen-bond acceptors (Lipinski definition) is 6. The number of para-hydroxylation sites is 1. The second kappa shape index (κ2) is 8.53. The molecule has 3 heterocycles. The Balaban J connectivity index is 1.74. The molecule has 0 radical (unpaired) electrons. The van der Waals surface area contributed by atoms with E-state index in [0.717, 1.165) is 28.5 Å². The number of aromatic nitrogens is 4. The van der Waals surface area contributed by atoms with Crippen LogP contribution in [0.1, 0.15) is 17.6 Å². The Labute approximate surface area is 181 Å². The van der Waals surface area contributed by atoms with E-state index in [4.69, 9.17) is 15.5 Å². The molecule has 0 aliphatic carbocycles. The average molecular weight is 427 g/mol. The molecule has 0 saturated heterocycles. The number of benzene rings is 1. The summed E-state index contributed by atoms with van der Waals surface area (Å²) in [7, 11) is 3.58. The second-order valence-corrected chi connectivity index (χ2v) is 7.81. The molecule has 30 heavy (non-hydrogen) atoms. The standard InChI is InChI=1S/C21H26N6O2S/c1-25-10-14(23-13-25)9-18-20-24-17(15-5-3-4-6-19(15)29-2)11-26(20)7-8-27(18)21(28)16(22)12-30/h3-6,10-11,13,16,18,30H,7-9,12,22H2,1-2H3/t16-,18-/m0/s1. The zero-order chi connectivity index (χ0) is 21.3. The van der Waals surface area contributed by atoms with E-state index in [9.17, 15) is 4.79 Å². The fraction of sp³-hybridized carbons (Fsp3) is 0.381. The molecule has 4 rings (SSSR count). The number of nitrogens with two attached hydrogens (primary N) is 1. The lowest BCUT2D eigenvalue weighted by Gasteiger charge is -2.37. The van der Waals surface area contributed by atoms with Crippen molar-refractivity contribution in [1.82, 2.24) is 24.0 Å². The van der Waals surface area contributed by atoms with E-state index in [1.165, 1.54) is 0 Å². The summed E-state index contributed by atoms with van der Waals surface area (Å²) in [5, 5.41) is 0. The lowest BCUT2D eigenvalue weighted by molar-refractivity contribution is -0.135. The maximum absolute atomic E-state index is 13.0. The molecule has 8 nitrogen and oxygen atoms in total. The van der Waals surface area contributed by atoms with Gasteiger partial charge in [-0.2, -0.15) is 12.6 Å². The van der Waals surface area contributed by atoms with E-state index in [2.05, 4.69) is 22.2 Å². The van der Waals surface area contributed by atoms with Crippen molar-refractivity contribution < 1.29 is 9.53 Å². The van der Waals surface area contributed by atoms with Gasteiger partial charge in [-0.25, -0.2) is 9.97 Å². The Morgan fingerprint density at radius 1 is 1.33 bits per heavy atom. The largest absolute Gasteiger partial charge is 0.496 e. The minimum Gasteiger partial charge on any atom is -0.496 e. The number of methoxy groups -OCH3 is 1. The van der Waals surface area contributed by atoms with Crippen molar-refractivity contribution in [1.29, 1.82) is 0 Å². The van der Waals surface area contributed by atoms with Crippen LogP contribution in [0.15, 0.2) is 43.0 Å². The Morgan fingerprint density at radius 2 is 2.13 bits per heavy atom. The summed E-state index contributed by atoms with van der Waals surface area (Å²) >= 11 is 4.21. The van der Waals surface area contributed by atoms with Crippen molar-refractivity contribution in [2.24, 2.45) is 12.8 Å². The average Bonchev–Trinajstić information content (AvgIpc) is 3.39. The van der Waals surface area contributed by atoms with Crippen LogP contribution >= 0.6 is 12.6 Å². The van der Waals surface area contributed by atoms with Gasteiger partial charge in [-0.3, -0.25) is 4.79 Å². The van der Waals surface area contributed by atoms with E-state index in [0.29, 0.717) is 25.3 Å². The van der Waals surface area contributed by atoms with Gasteiger partial charge in [-0.05, 0) is 12.1 Å². The first kappa shape index (κ1) is 20.5. The fourth-order valence-electron chi connectivity index (χ4n) is 3.90. The summed E-state index contributed by atoms with van der Waals surface area (Å²) in [4.78, 5) is 24.2.